The van der Waals surface area contributed by atoms with E-state index in [0.717, 1.165) is 36.8 Å². The molecular formula is C12H21N5. The molecule has 1 saturated heterocycles. The van der Waals surface area contributed by atoms with Crippen molar-refractivity contribution in [2.45, 2.75) is 26.3 Å². The van der Waals surface area contributed by atoms with Crippen LogP contribution in [0, 0.1) is 6.92 Å². The van der Waals surface area contributed by atoms with Gasteiger partial charge in [-0.2, -0.15) is 0 Å². The van der Waals surface area contributed by atoms with Gasteiger partial charge in [0.1, 0.15) is 18.0 Å². The summed E-state index contributed by atoms with van der Waals surface area (Å²) in [6, 6.07) is 0.503. The Bertz CT molecular complexity index is 379. The first-order chi connectivity index (χ1) is 8.20. The highest BCUT2D eigenvalue weighted by molar-refractivity contribution is 5.56. The highest BCUT2D eigenvalue weighted by Crippen LogP contribution is 2.20. The van der Waals surface area contributed by atoms with Gasteiger partial charge in [0.25, 0.3) is 0 Å². The van der Waals surface area contributed by atoms with Gasteiger partial charge >= 0.3 is 0 Å². The van der Waals surface area contributed by atoms with Crippen molar-refractivity contribution in [1.82, 2.24) is 14.9 Å². The van der Waals surface area contributed by atoms with E-state index < -0.39 is 0 Å². The smallest absolute Gasteiger partial charge is 0.134 e. The van der Waals surface area contributed by atoms with Gasteiger partial charge in [0, 0.05) is 24.7 Å². The summed E-state index contributed by atoms with van der Waals surface area (Å²) in [5.41, 5.74) is 1.10. The van der Waals surface area contributed by atoms with E-state index in [4.69, 9.17) is 0 Å². The predicted molar refractivity (Wildman–Crippen MR) is 70.5 cm³/mol. The lowest BCUT2D eigenvalue weighted by atomic mass is 10.2. The van der Waals surface area contributed by atoms with Crippen LogP contribution in [-0.2, 0) is 0 Å². The van der Waals surface area contributed by atoms with Crippen molar-refractivity contribution < 1.29 is 0 Å². The normalized spacial score (nSPS) is 20.5. The molecule has 1 aliphatic rings. The summed E-state index contributed by atoms with van der Waals surface area (Å²) < 4.78 is 0. The Balaban J connectivity index is 2.07. The third-order valence-corrected chi connectivity index (χ3v) is 3.16. The predicted octanol–water partition coefficient (Wildman–Crippen LogP) is 1.33. The second-order valence-electron chi connectivity index (χ2n) is 4.62. The van der Waals surface area contributed by atoms with Gasteiger partial charge in [0.15, 0.2) is 0 Å². The Morgan fingerprint density at radius 2 is 2.18 bits per heavy atom. The highest BCUT2D eigenvalue weighted by atomic mass is 15.2. The molecule has 2 rings (SSSR count). The van der Waals surface area contributed by atoms with E-state index in [2.05, 4.69) is 46.4 Å². The highest BCUT2D eigenvalue weighted by Gasteiger charge is 2.20. The van der Waals surface area contributed by atoms with Crippen molar-refractivity contribution in [3.63, 3.8) is 0 Å². The van der Waals surface area contributed by atoms with Gasteiger partial charge in [-0.15, -0.1) is 0 Å². The minimum absolute atomic E-state index is 0.503. The third-order valence-electron chi connectivity index (χ3n) is 3.16. The second kappa shape index (κ2) is 5.31. The fraction of sp³-hybridized carbons (Fsp3) is 0.667. The van der Waals surface area contributed by atoms with E-state index >= 15 is 0 Å². The number of hydrogen-bond acceptors (Lipinski definition) is 5. The molecule has 0 aromatic carbocycles. The number of nitrogens with one attached hydrogen (secondary N) is 2. The Morgan fingerprint density at radius 3 is 2.82 bits per heavy atom. The van der Waals surface area contributed by atoms with E-state index in [0.29, 0.717) is 6.04 Å². The van der Waals surface area contributed by atoms with Crippen molar-refractivity contribution in [3.05, 3.63) is 11.9 Å². The molecule has 5 heteroatoms. The maximum Gasteiger partial charge on any atom is 0.134 e. The topological polar surface area (TPSA) is 53.1 Å². The molecule has 1 fully saturated rings. The third kappa shape index (κ3) is 2.85. The van der Waals surface area contributed by atoms with Crippen LogP contribution in [-0.4, -0.2) is 47.6 Å². The standard InChI is InChI=1S/C12H21N5/c1-4-13-11-9(2)12(15-8-14-11)16-10-5-6-17(3)7-10/h8,10H,4-7H2,1-3H3,(H2,13,14,15,16). The molecule has 0 spiro atoms. The number of likely N-dealkylation sites (tertiary alicyclic amines) is 1. The first-order valence-corrected chi connectivity index (χ1v) is 6.21. The van der Waals surface area contributed by atoms with Gasteiger partial charge < -0.3 is 15.5 Å². The first-order valence-electron chi connectivity index (χ1n) is 6.21. The van der Waals surface area contributed by atoms with Gasteiger partial charge in [-0.25, -0.2) is 9.97 Å². The largest absolute Gasteiger partial charge is 0.370 e. The monoisotopic (exact) mass is 235 g/mol. The lowest BCUT2D eigenvalue weighted by Gasteiger charge is -2.16. The Kier molecular flexibility index (Phi) is 3.78. The van der Waals surface area contributed by atoms with E-state index in [-0.39, 0.29) is 0 Å². The molecule has 2 N–H and O–H groups in total. The quantitative estimate of drug-likeness (QED) is 0.824. The Morgan fingerprint density at radius 1 is 1.41 bits per heavy atom. The van der Waals surface area contributed by atoms with Crippen LogP contribution < -0.4 is 10.6 Å². The van der Waals surface area contributed by atoms with Crippen LogP contribution in [0.1, 0.15) is 18.9 Å². The van der Waals surface area contributed by atoms with Crippen molar-refractivity contribution >= 4 is 11.6 Å². The molecule has 0 bridgehead atoms. The van der Waals surface area contributed by atoms with Crippen LogP contribution in [0.4, 0.5) is 11.6 Å². The molecule has 1 aromatic heterocycles. The number of hydrogen-bond donors (Lipinski definition) is 2. The Hall–Kier alpha value is -1.36. The SMILES string of the molecule is CCNc1ncnc(NC2CCN(C)C2)c1C. The zero-order valence-electron chi connectivity index (χ0n) is 10.8. The van der Waals surface area contributed by atoms with Gasteiger partial charge in [-0.1, -0.05) is 0 Å². The van der Waals surface area contributed by atoms with Gasteiger partial charge in [0.2, 0.25) is 0 Å². The van der Waals surface area contributed by atoms with Crippen LogP contribution in [0.2, 0.25) is 0 Å². The minimum atomic E-state index is 0.503. The molecule has 1 atom stereocenters. The second-order valence-corrected chi connectivity index (χ2v) is 4.62. The summed E-state index contributed by atoms with van der Waals surface area (Å²) in [5.74, 6) is 1.88. The number of nitrogens with zero attached hydrogens (tertiary/aromatic N) is 3. The molecule has 1 unspecified atom stereocenters. The fourth-order valence-electron chi connectivity index (χ4n) is 2.19. The molecule has 94 valence electrons. The van der Waals surface area contributed by atoms with Crippen molar-refractivity contribution in [3.8, 4) is 0 Å². The van der Waals surface area contributed by atoms with Crippen molar-refractivity contribution in [2.75, 3.05) is 37.3 Å². The summed E-state index contributed by atoms with van der Waals surface area (Å²) >= 11 is 0. The fourth-order valence-corrected chi connectivity index (χ4v) is 2.19. The van der Waals surface area contributed by atoms with Crippen LogP contribution in [0.3, 0.4) is 0 Å². The molecule has 0 radical (unpaired) electrons. The average Bonchev–Trinajstić information content (AvgIpc) is 2.70. The van der Waals surface area contributed by atoms with E-state index in [1.165, 1.54) is 6.42 Å². The Labute approximate surface area is 103 Å². The summed E-state index contributed by atoms with van der Waals surface area (Å²) in [7, 11) is 2.15. The van der Waals surface area contributed by atoms with Gasteiger partial charge in [0.05, 0.1) is 0 Å². The molecule has 0 saturated carbocycles. The zero-order valence-corrected chi connectivity index (χ0v) is 10.8. The molecule has 0 aliphatic carbocycles. The number of aromatic nitrogens is 2. The zero-order chi connectivity index (χ0) is 12.3. The average molecular weight is 235 g/mol. The van der Waals surface area contributed by atoms with Gasteiger partial charge in [-0.05, 0) is 33.9 Å². The molecular weight excluding hydrogens is 214 g/mol. The van der Waals surface area contributed by atoms with E-state index in [1.807, 2.05) is 0 Å². The molecule has 1 aromatic rings. The van der Waals surface area contributed by atoms with Crippen LogP contribution in [0.25, 0.3) is 0 Å². The van der Waals surface area contributed by atoms with Crippen LogP contribution >= 0.6 is 0 Å². The minimum Gasteiger partial charge on any atom is -0.370 e. The summed E-state index contributed by atoms with van der Waals surface area (Å²) in [6.45, 7) is 7.24. The molecule has 17 heavy (non-hydrogen) atoms. The molecule has 0 amide bonds. The molecule has 5 nitrogen and oxygen atoms in total. The van der Waals surface area contributed by atoms with Crippen LogP contribution in [0.5, 0.6) is 0 Å². The maximum absolute atomic E-state index is 4.33. The lowest BCUT2D eigenvalue weighted by Crippen LogP contribution is -2.24. The van der Waals surface area contributed by atoms with E-state index in [1.54, 1.807) is 6.33 Å². The number of likely N-dealkylation sites (N-methyl/N-ethyl adjacent to an activating group) is 1. The van der Waals surface area contributed by atoms with Crippen LogP contribution in [0.15, 0.2) is 6.33 Å². The summed E-state index contributed by atoms with van der Waals surface area (Å²) in [6.07, 6.45) is 2.79. The van der Waals surface area contributed by atoms with Crippen molar-refractivity contribution in [1.29, 1.82) is 0 Å². The summed E-state index contributed by atoms with van der Waals surface area (Å²) in [4.78, 5) is 10.9. The maximum atomic E-state index is 4.33. The van der Waals surface area contributed by atoms with Gasteiger partial charge in [-0.3, -0.25) is 0 Å². The first kappa shape index (κ1) is 12.1. The molecule has 2 heterocycles. The summed E-state index contributed by atoms with van der Waals surface area (Å²) in [5, 5.41) is 6.75. The number of rotatable bonds is 4. The number of anilines is 2. The van der Waals surface area contributed by atoms with E-state index in [9.17, 15) is 0 Å². The lowest BCUT2D eigenvalue weighted by molar-refractivity contribution is 0.414. The van der Waals surface area contributed by atoms with Crippen molar-refractivity contribution in [2.24, 2.45) is 0 Å². The molecule has 1 aliphatic heterocycles.